The van der Waals surface area contributed by atoms with Crippen molar-refractivity contribution in [1.82, 2.24) is 4.98 Å². The molecule has 0 amide bonds. The van der Waals surface area contributed by atoms with Crippen LogP contribution in [0, 0.1) is 0 Å². The Hall–Kier alpha value is -2.42. The van der Waals surface area contributed by atoms with E-state index in [9.17, 15) is 0 Å². The van der Waals surface area contributed by atoms with Gasteiger partial charge >= 0.3 is 0 Å². The standard InChI is InChI=1S/C17H18N2O/c1-2-20-15-8-6-14(7-9-15)19-12-13-4-3-5-17-16(13)10-11-18-17/h3-11,18-19H,2,12H2,1H3. The molecule has 3 aromatic rings. The minimum Gasteiger partial charge on any atom is -0.494 e. The molecule has 0 saturated carbocycles. The third kappa shape index (κ3) is 2.62. The average molecular weight is 266 g/mol. The van der Waals surface area contributed by atoms with E-state index in [1.807, 2.05) is 37.4 Å². The highest BCUT2D eigenvalue weighted by Crippen LogP contribution is 2.20. The number of hydrogen-bond donors (Lipinski definition) is 2. The molecule has 0 aliphatic heterocycles. The van der Waals surface area contributed by atoms with Crippen LogP contribution in [0.3, 0.4) is 0 Å². The highest BCUT2D eigenvalue weighted by molar-refractivity contribution is 5.83. The van der Waals surface area contributed by atoms with E-state index in [0.717, 1.165) is 18.0 Å². The van der Waals surface area contributed by atoms with E-state index in [1.165, 1.54) is 16.5 Å². The van der Waals surface area contributed by atoms with Crippen LogP contribution >= 0.6 is 0 Å². The summed E-state index contributed by atoms with van der Waals surface area (Å²) < 4.78 is 5.44. The van der Waals surface area contributed by atoms with Gasteiger partial charge in [0.1, 0.15) is 5.75 Å². The third-order valence-electron chi connectivity index (χ3n) is 3.33. The molecule has 20 heavy (non-hydrogen) atoms. The number of fused-ring (bicyclic) bond motifs is 1. The fourth-order valence-electron chi connectivity index (χ4n) is 2.34. The minimum absolute atomic E-state index is 0.697. The lowest BCUT2D eigenvalue weighted by molar-refractivity contribution is 0.340. The zero-order chi connectivity index (χ0) is 13.8. The van der Waals surface area contributed by atoms with Crippen molar-refractivity contribution in [3.63, 3.8) is 0 Å². The summed E-state index contributed by atoms with van der Waals surface area (Å²) in [5, 5.41) is 4.71. The molecular weight excluding hydrogens is 248 g/mol. The maximum Gasteiger partial charge on any atom is 0.119 e. The normalized spacial score (nSPS) is 10.7. The number of aromatic nitrogens is 1. The Morgan fingerprint density at radius 2 is 1.90 bits per heavy atom. The van der Waals surface area contributed by atoms with Crippen molar-refractivity contribution in [2.24, 2.45) is 0 Å². The molecule has 2 aromatic carbocycles. The first kappa shape index (κ1) is 12.6. The summed E-state index contributed by atoms with van der Waals surface area (Å²) in [7, 11) is 0. The van der Waals surface area contributed by atoms with Gasteiger partial charge in [0.05, 0.1) is 6.61 Å². The molecule has 0 radical (unpaired) electrons. The maximum atomic E-state index is 5.44. The molecule has 0 saturated heterocycles. The summed E-state index contributed by atoms with van der Waals surface area (Å²) >= 11 is 0. The lowest BCUT2D eigenvalue weighted by atomic mass is 10.1. The highest BCUT2D eigenvalue weighted by atomic mass is 16.5. The van der Waals surface area contributed by atoms with Crippen LogP contribution in [0.5, 0.6) is 5.75 Å². The van der Waals surface area contributed by atoms with Crippen LogP contribution in [-0.2, 0) is 6.54 Å². The minimum atomic E-state index is 0.697. The maximum absolute atomic E-state index is 5.44. The molecule has 0 aliphatic rings. The smallest absolute Gasteiger partial charge is 0.119 e. The van der Waals surface area contributed by atoms with E-state index < -0.39 is 0 Å². The van der Waals surface area contributed by atoms with Gasteiger partial charge in [-0.2, -0.15) is 0 Å². The van der Waals surface area contributed by atoms with Crippen molar-refractivity contribution in [2.75, 3.05) is 11.9 Å². The molecule has 1 heterocycles. The van der Waals surface area contributed by atoms with Crippen molar-refractivity contribution in [3.8, 4) is 5.75 Å². The van der Waals surface area contributed by atoms with Gasteiger partial charge in [0.15, 0.2) is 0 Å². The van der Waals surface area contributed by atoms with E-state index in [2.05, 4.69) is 34.6 Å². The molecular formula is C17H18N2O. The van der Waals surface area contributed by atoms with Crippen molar-refractivity contribution in [1.29, 1.82) is 0 Å². The average Bonchev–Trinajstić information content (AvgIpc) is 2.96. The molecule has 0 unspecified atom stereocenters. The first-order chi connectivity index (χ1) is 9.86. The largest absolute Gasteiger partial charge is 0.494 e. The van der Waals surface area contributed by atoms with Gasteiger partial charge in [-0.05, 0) is 48.9 Å². The fourth-order valence-corrected chi connectivity index (χ4v) is 2.34. The Bertz CT molecular complexity index is 686. The number of ether oxygens (including phenoxy) is 1. The van der Waals surface area contributed by atoms with Gasteiger partial charge in [0.25, 0.3) is 0 Å². The topological polar surface area (TPSA) is 37.0 Å². The van der Waals surface area contributed by atoms with E-state index in [-0.39, 0.29) is 0 Å². The van der Waals surface area contributed by atoms with Gasteiger partial charge in [-0.1, -0.05) is 12.1 Å². The van der Waals surface area contributed by atoms with Crippen molar-refractivity contribution in [3.05, 3.63) is 60.3 Å². The summed E-state index contributed by atoms with van der Waals surface area (Å²) in [6.45, 7) is 3.50. The summed E-state index contributed by atoms with van der Waals surface area (Å²) in [5.74, 6) is 0.908. The van der Waals surface area contributed by atoms with Crippen molar-refractivity contribution in [2.45, 2.75) is 13.5 Å². The first-order valence-corrected chi connectivity index (χ1v) is 6.88. The lowest BCUT2D eigenvalue weighted by Crippen LogP contribution is -1.99. The van der Waals surface area contributed by atoms with Gasteiger partial charge in [0.2, 0.25) is 0 Å². The predicted molar refractivity (Wildman–Crippen MR) is 83.2 cm³/mol. The van der Waals surface area contributed by atoms with Crippen LogP contribution in [0.25, 0.3) is 10.9 Å². The van der Waals surface area contributed by atoms with Crippen LogP contribution in [0.2, 0.25) is 0 Å². The number of aromatic amines is 1. The van der Waals surface area contributed by atoms with Crippen molar-refractivity contribution < 1.29 is 4.74 Å². The van der Waals surface area contributed by atoms with Crippen LogP contribution in [0.4, 0.5) is 5.69 Å². The highest BCUT2D eigenvalue weighted by Gasteiger charge is 2.01. The van der Waals surface area contributed by atoms with Crippen LogP contribution < -0.4 is 10.1 Å². The molecule has 0 fully saturated rings. The zero-order valence-electron chi connectivity index (χ0n) is 11.5. The molecule has 2 N–H and O–H groups in total. The Labute approximate surface area is 118 Å². The second-order valence-electron chi connectivity index (χ2n) is 4.67. The molecule has 3 heteroatoms. The number of nitrogens with one attached hydrogen (secondary N) is 2. The fraction of sp³-hybridized carbons (Fsp3) is 0.176. The lowest BCUT2D eigenvalue weighted by Gasteiger charge is -2.09. The van der Waals surface area contributed by atoms with Crippen LogP contribution in [0.15, 0.2) is 54.7 Å². The predicted octanol–water partition coefficient (Wildman–Crippen LogP) is 4.18. The van der Waals surface area contributed by atoms with E-state index in [4.69, 9.17) is 4.74 Å². The van der Waals surface area contributed by atoms with Gasteiger partial charge in [0, 0.05) is 29.3 Å². The van der Waals surface area contributed by atoms with Gasteiger partial charge in [-0.3, -0.25) is 0 Å². The first-order valence-electron chi connectivity index (χ1n) is 6.88. The van der Waals surface area contributed by atoms with Gasteiger partial charge in [-0.25, -0.2) is 0 Å². The SMILES string of the molecule is CCOc1ccc(NCc2cccc3[nH]ccc23)cc1. The van der Waals surface area contributed by atoms with E-state index in [0.29, 0.717) is 6.61 Å². The molecule has 102 valence electrons. The number of benzene rings is 2. The molecule has 0 bridgehead atoms. The molecule has 1 aromatic heterocycles. The zero-order valence-corrected chi connectivity index (χ0v) is 11.5. The van der Waals surface area contributed by atoms with Gasteiger partial charge in [-0.15, -0.1) is 0 Å². The second-order valence-corrected chi connectivity index (χ2v) is 4.67. The van der Waals surface area contributed by atoms with Gasteiger partial charge < -0.3 is 15.0 Å². The number of rotatable bonds is 5. The molecule has 3 nitrogen and oxygen atoms in total. The van der Waals surface area contributed by atoms with Crippen LogP contribution in [0.1, 0.15) is 12.5 Å². The van der Waals surface area contributed by atoms with E-state index >= 15 is 0 Å². The molecule has 0 atom stereocenters. The van der Waals surface area contributed by atoms with Crippen LogP contribution in [-0.4, -0.2) is 11.6 Å². The summed E-state index contributed by atoms with van der Waals surface area (Å²) in [6, 6.07) is 16.5. The number of anilines is 1. The molecule has 0 spiro atoms. The Balaban J connectivity index is 1.71. The van der Waals surface area contributed by atoms with Crippen molar-refractivity contribution >= 4 is 16.6 Å². The summed E-state index contributed by atoms with van der Waals surface area (Å²) in [6.07, 6.45) is 1.98. The Kier molecular flexibility index (Phi) is 3.59. The Morgan fingerprint density at radius 1 is 1.05 bits per heavy atom. The Morgan fingerprint density at radius 3 is 2.70 bits per heavy atom. The number of H-pyrrole nitrogens is 1. The second kappa shape index (κ2) is 5.70. The summed E-state index contributed by atoms with van der Waals surface area (Å²) in [4.78, 5) is 3.24. The van der Waals surface area contributed by atoms with E-state index in [1.54, 1.807) is 0 Å². The molecule has 0 aliphatic carbocycles. The third-order valence-corrected chi connectivity index (χ3v) is 3.33. The quantitative estimate of drug-likeness (QED) is 0.727. The summed E-state index contributed by atoms with van der Waals surface area (Å²) in [5.41, 5.74) is 3.56. The monoisotopic (exact) mass is 266 g/mol. The molecule has 3 rings (SSSR count). The number of hydrogen-bond acceptors (Lipinski definition) is 2.